The first-order valence-electron chi connectivity index (χ1n) is 8.54. The second-order valence-corrected chi connectivity index (χ2v) is 6.68. The Morgan fingerprint density at radius 1 is 1.12 bits per heavy atom. The summed E-state index contributed by atoms with van der Waals surface area (Å²) >= 11 is 0. The monoisotopic (exact) mass is 346 g/mol. The van der Waals surface area contributed by atoms with Crippen LogP contribution in [0, 0.1) is 11.8 Å². The number of piperidine rings is 1. The summed E-state index contributed by atoms with van der Waals surface area (Å²) < 4.78 is 0. The van der Waals surface area contributed by atoms with E-state index in [4.69, 9.17) is 0 Å². The number of nitrogens with one attached hydrogen (secondary N) is 3. The van der Waals surface area contributed by atoms with Crippen LogP contribution in [0.15, 0.2) is 24.3 Å². The molecule has 1 fully saturated rings. The molecule has 0 saturated carbocycles. The zero-order valence-corrected chi connectivity index (χ0v) is 15.0. The molecule has 4 amide bonds. The van der Waals surface area contributed by atoms with E-state index in [0.717, 1.165) is 19.5 Å². The molecule has 2 rings (SSSR count). The molecule has 0 radical (unpaired) electrons. The minimum Gasteiger partial charge on any atom is -0.375 e. The number of nitrogens with zero attached hydrogens (tertiary/aromatic N) is 1. The largest absolute Gasteiger partial charge is 0.375 e. The lowest BCUT2D eigenvalue weighted by atomic mass is 9.91. The SMILES string of the molecule is CNC(=O)NC(=O)CNc1ccccc1C(=O)N1C[C@H](C)C[C@@H](C)C1. The number of likely N-dealkylation sites (tertiary alicyclic amines) is 1. The highest BCUT2D eigenvalue weighted by Gasteiger charge is 2.27. The summed E-state index contributed by atoms with van der Waals surface area (Å²) in [5, 5.41) is 7.44. The molecule has 25 heavy (non-hydrogen) atoms. The Labute approximate surface area is 148 Å². The zero-order valence-electron chi connectivity index (χ0n) is 15.0. The van der Waals surface area contributed by atoms with Crippen LogP contribution in [0.5, 0.6) is 0 Å². The van der Waals surface area contributed by atoms with Crippen LogP contribution in [-0.4, -0.2) is 49.4 Å². The van der Waals surface area contributed by atoms with E-state index in [-0.39, 0.29) is 12.5 Å². The van der Waals surface area contributed by atoms with Crippen molar-refractivity contribution in [3.63, 3.8) is 0 Å². The number of rotatable bonds is 4. The average molecular weight is 346 g/mol. The van der Waals surface area contributed by atoms with Gasteiger partial charge >= 0.3 is 6.03 Å². The lowest BCUT2D eigenvalue weighted by Gasteiger charge is -2.35. The molecule has 2 atom stereocenters. The first-order valence-corrected chi connectivity index (χ1v) is 8.54. The van der Waals surface area contributed by atoms with Crippen LogP contribution in [0.4, 0.5) is 10.5 Å². The highest BCUT2D eigenvalue weighted by molar-refractivity contribution is 6.01. The van der Waals surface area contributed by atoms with Crippen LogP contribution in [-0.2, 0) is 4.79 Å². The summed E-state index contributed by atoms with van der Waals surface area (Å²) in [5.41, 5.74) is 1.13. The van der Waals surface area contributed by atoms with E-state index in [9.17, 15) is 14.4 Å². The molecule has 0 aromatic heterocycles. The minimum atomic E-state index is -0.563. The topological polar surface area (TPSA) is 90.5 Å². The molecule has 7 nitrogen and oxygen atoms in total. The van der Waals surface area contributed by atoms with Gasteiger partial charge in [0.15, 0.2) is 0 Å². The van der Waals surface area contributed by atoms with Gasteiger partial charge in [-0.25, -0.2) is 4.79 Å². The third-order valence-corrected chi connectivity index (χ3v) is 4.23. The number of hydrogen-bond donors (Lipinski definition) is 3. The van der Waals surface area contributed by atoms with Crippen LogP contribution in [0.2, 0.25) is 0 Å². The number of benzene rings is 1. The summed E-state index contributed by atoms with van der Waals surface area (Å²) in [6.45, 7) is 5.71. The van der Waals surface area contributed by atoms with Gasteiger partial charge in [0.25, 0.3) is 5.91 Å². The van der Waals surface area contributed by atoms with Crippen molar-refractivity contribution in [3.05, 3.63) is 29.8 Å². The van der Waals surface area contributed by atoms with Gasteiger partial charge < -0.3 is 15.5 Å². The third-order valence-electron chi connectivity index (χ3n) is 4.23. The zero-order chi connectivity index (χ0) is 18.4. The van der Waals surface area contributed by atoms with Crippen LogP contribution >= 0.6 is 0 Å². The molecule has 136 valence electrons. The van der Waals surface area contributed by atoms with Gasteiger partial charge in [-0.05, 0) is 30.4 Å². The summed E-state index contributed by atoms with van der Waals surface area (Å²) in [4.78, 5) is 37.7. The van der Waals surface area contributed by atoms with Gasteiger partial charge in [-0.1, -0.05) is 26.0 Å². The van der Waals surface area contributed by atoms with Crippen molar-refractivity contribution in [2.24, 2.45) is 11.8 Å². The normalized spacial score (nSPS) is 19.9. The number of anilines is 1. The van der Waals surface area contributed by atoms with Crippen molar-refractivity contribution in [1.29, 1.82) is 0 Å². The Morgan fingerprint density at radius 3 is 2.40 bits per heavy atom. The number of amides is 4. The number of urea groups is 1. The fourth-order valence-electron chi connectivity index (χ4n) is 3.23. The minimum absolute atomic E-state index is 0.0341. The van der Waals surface area contributed by atoms with Crippen LogP contribution < -0.4 is 16.0 Å². The summed E-state index contributed by atoms with van der Waals surface area (Å²) in [6.07, 6.45) is 1.13. The molecule has 1 aliphatic rings. The maximum atomic E-state index is 12.9. The number of hydrogen-bond acceptors (Lipinski definition) is 4. The van der Waals surface area contributed by atoms with Crippen molar-refractivity contribution < 1.29 is 14.4 Å². The number of carbonyl (C=O) groups excluding carboxylic acids is 3. The van der Waals surface area contributed by atoms with Crippen molar-refractivity contribution in [2.75, 3.05) is 32.0 Å². The van der Waals surface area contributed by atoms with Gasteiger partial charge in [0.2, 0.25) is 5.91 Å². The van der Waals surface area contributed by atoms with Gasteiger partial charge in [-0.3, -0.25) is 14.9 Å². The standard InChI is InChI=1S/C18H26N4O3/c1-12-8-13(2)11-22(10-12)17(24)14-6-4-5-7-15(14)20-9-16(23)21-18(25)19-3/h4-7,12-13,20H,8-11H2,1-3H3,(H2,19,21,23,25)/t12-,13-/m1/s1. The van der Waals surface area contributed by atoms with Gasteiger partial charge in [-0.2, -0.15) is 0 Å². The molecule has 1 saturated heterocycles. The lowest BCUT2D eigenvalue weighted by Crippen LogP contribution is -2.43. The van der Waals surface area contributed by atoms with Crippen LogP contribution in [0.25, 0.3) is 0 Å². The van der Waals surface area contributed by atoms with E-state index < -0.39 is 11.9 Å². The Kier molecular flexibility index (Phi) is 6.38. The van der Waals surface area contributed by atoms with Crippen molar-refractivity contribution in [2.45, 2.75) is 20.3 Å². The fourth-order valence-corrected chi connectivity index (χ4v) is 3.23. The van der Waals surface area contributed by atoms with E-state index in [1.807, 2.05) is 4.90 Å². The lowest BCUT2D eigenvalue weighted by molar-refractivity contribution is -0.118. The highest BCUT2D eigenvalue weighted by atomic mass is 16.2. The van der Waals surface area contributed by atoms with Gasteiger partial charge in [0.1, 0.15) is 0 Å². The van der Waals surface area contributed by atoms with Gasteiger partial charge in [0.05, 0.1) is 12.1 Å². The molecule has 1 aromatic rings. The molecule has 1 heterocycles. The molecule has 0 aliphatic carbocycles. The second-order valence-electron chi connectivity index (χ2n) is 6.68. The molecule has 0 spiro atoms. The molecule has 7 heteroatoms. The Bertz CT molecular complexity index is 637. The van der Waals surface area contributed by atoms with Crippen molar-refractivity contribution in [1.82, 2.24) is 15.5 Å². The van der Waals surface area contributed by atoms with Crippen molar-refractivity contribution >= 4 is 23.5 Å². The predicted octanol–water partition coefficient (Wildman–Crippen LogP) is 1.67. The molecular formula is C18H26N4O3. The number of imide groups is 1. The maximum absolute atomic E-state index is 12.9. The van der Waals surface area contributed by atoms with E-state index >= 15 is 0 Å². The quantitative estimate of drug-likeness (QED) is 0.773. The molecule has 1 aliphatic heterocycles. The van der Waals surface area contributed by atoms with E-state index in [1.54, 1.807) is 24.3 Å². The summed E-state index contributed by atoms with van der Waals surface area (Å²) in [7, 11) is 1.44. The fraction of sp³-hybridized carbons (Fsp3) is 0.500. The molecule has 1 aromatic carbocycles. The highest BCUT2D eigenvalue weighted by Crippen LogP contribution is 2.24. The molecule has 0 unspecified atom stereocenters. The molecule has 3 N–H and O–H groups in total. The van der Waals surface area contributed by atoms with Crippen LogP contribution in [0.1, 0.15) is 30.6 Å². The average Bonchev–Trinajstić information content (AvgIpc) is 2.58. The van der Waals surface area contributed by atoms with E-state index in [1.165, 1.54) is 7.05 Å². The van der Waals surface area contributed by atoms with Gasteiger partial charge in [-0.15, -0.1) is 0 Å². The van der Waals surface area contributed by atoms with Gasteiger partial charge in [0, 0.05) is 25.8 Å². The third kappa shape index (κ3) is 5.20. The summed E-state index contributed by atoms with van der Waals surface area (Å²) in [6, 6.07) is 6.56. The predicted molar refractivity (Wildman–Crippen MR) is 96.4 cm³/mol. The van der Waals surface area contributed by atoms with Crippen LogP contribution in [0.3, 0.4) is 0 Å². The maximum Gasteiger partial charge on any atom is 0.321 e. The second kappa shape index (κ2) is 8.50. The first-order chi connectivity index (χ1) is 11.9. The van der Waals surface area contributed by atoms with E-state index in [2.05, 4.69) is 29.8 Å². The molecular weight excluding hydrogens is 320 g/mol. The number of carbonyl (C=O) groups is 3. The van der Waals surface area contributed by atoms with Crippen molar-refractivity contribution in [3.8, 4) is 0 Å². The Balaban J connectivity index is 2.05. The Hall–Kier alpha value is -2.57. The first kappa shape index (κ1) is 18.8. The number of para-hydroxylation sites is 1. The van der Waals surface area contributed by atoms with E-state index in [0.29, 0.717) is 23.1 Å². The molecule has 0 bridgehead atoms. The smallest absolute Gasteiger partial charge is 0.321 e. The Morgan fingerprint density at radius 2 is 1.76 bits per heavy atom. The summed E-state index contributed by atoms with van der Waals surface area (Å²) in [5.74, 6) is 0.451.